The van der Waals surface area contributed by atoms with Gasteiger partial charge >= 0.3 is 0 Å². The zero-order valence-corrected chi connectivity index (χ0v) is 17.2. The molecule has 1 amide bonds. The highest BCUT2D eigenvalue weighted by Gasteiger charge is 2.23. The molecule has 6 heteroatoms. The van der Waals surface area contributed by atoms with Gasteiger partial charge < -0.3 is 14.5 Å². The molecule has 1 aromatic heterocycles. The van der Waals surface area contributed by atoms with Crippen LogP contribution in [0.25, 0.3) is 10.2 Å². The molecule has 0 spiro atoms. The number of aromatic nitrogens is 1. The molecule has 4 rings (SSSR count). The van der Waals surface area contributed by atoms with Crippen molar-refractivity contribution in [2.75, 3.05) is 38.2 Å². The molecule has 0 radical (unpaired) electrons. The summed E-state index contributed by atoms with van der Waals surface area (Å²) in [6, 6.07) is 14.2. The van der Waals surface area contributed by atoms with Crippen LogP contribution in [0.2, 0.25) is 0 Å². The van der Waals surface area contributed by atoms with Gasteiger partial charge in [0.05, 0.1) is 23.7 Å². The molecule has 2 heterocycles. The zero-order valence-electron chi connectivity index (χ0n) is 16.4. The topological polar surface area (TPSA) is 45.7 Å². The Morgan fingerprint density at radius 2 is 1.79 bits per heavy atom. The predicted octanol–water partition coefficient (Wildman–Crippen LogP) is 3.76. The average Bonchev–Trinajstić information content (AvgIpc) is 3.17. The third-order valence-electron chi connectivity index (χ3n) is 5.27. The summed E-state index contributed by atoms with van der Waals surface area (Å²) in [5.74, 6) is 0.994. The van der Waals surface area contributed by atoms with Crippen molar-refractivity contribution in [1.29, 1.82) is 0 Å². The van der Waals surface area contributed by atoms with Gasteiger partial charge in [-0.15, -0.1) is 0 Å². The first-order chi connectivity index (χ1) is 13.7. The molecular formula is C22H25N3O2S. The summed E-state index contributed by atoms with van der Waals surface area (Å²) < 4.78 is 6.42. The molecule has 28 heavy (non-hydrogen) atoms. The van der Waals surface area contributed by atoms with Crippen LogP contribution in [0.5, 0.6) is 5.75 Å². The first-order valence-electron chi connectivity index (χ1n) is 9.71. The third-order valence-corrected chi connectivity index (χ3v) is 6.35. The molecule has 0 saturated carbocycles. The molecule has 0 unspecified atom stereocenters. The molecule has 0 atom stereocenters. The average molecular weight is 396 g/mol. The number of rotatable bonds is 5. The molecule has 146 valence electrons. The van der Waals surface area contributed by atoms with E-state index in [1.54, 1.807) is 18.4 Å². The van der Waals surface area contributed by atoms with Crippen LogP contribution in [0.15, 0.2) is 42.5 Å². The number of piperazine rings is 1. The molecule has 1 saturated heterocycles. The Morgan fingerprint density at radius 3 is 2.46 bits per heavy atom. The monoisotopic (exact) mass is 395 g/mol. The summed E-state index contributed by atoms with van der Waals surface area (Å²) in [7, 11) is 1.65. The van der Waals surface area contributed by atoms with Gasteiger partial charge in [0.2, 0.25) is 5.91 Å². The number of carbonyl (C=O) groups excluding carboxylic acids is 1. The minimum atomic E-state index is 0.182. The lowest BCUT2D eigenvalue weighted by Crippen LogP contribution is -2.49. The molecule has 0 N–H and O–H groups in total. The van der Waals surface area contributed by atoms with Crippen molar-refractivity contribution in [2.24, 2.45) is 0 Å². The first kappa shape index (κ1) is 18.7. The van der Waals surface area contributed by atoms with Gasteiger partial charge in [0.15, 0.2) is 5.13 Å². The normalized spacial score (nSPS) is 14.5. The summed E-state index contributed by atoms with van der Waals surface area (Å²) in [5.41, 5.74) is 3.43. The zero-order chi connectivity index (χ0) is 19.5. The van der Waals surface area contributed by atoms with Crippen LogP contribution in [0.3, 0.4) is 0 Å². The van der Waals surface area contributed by atoms with E-state index in [2.05, 4.69) is 30.0 Å². The smallest absolute Gasteiger partial charge is 0.227 e. The highest BCUT2D eigenvalue weighted by Crippen LogP contribution is 2.30. The number of hydrogen-bond donors (Lipinski definition) is 0. The fourth-order valence-corrected chi connectivity index (χ4v) is 4.57. The maximum atomic E-state index is 12.6. The molecule has 1 fully saturated rings. The van der Waals surface area contributed by atoms with Crippen LogP contribution in [0.1, 0.15) is 18.1 Å². The number of fused-ring (bicyclic) bond motifs is 1. The number of ether oxygens (including phenoxy) is 1. The van der Waals surface area contributed by atoms with E-state index in [-0.39, 0.29) is 5.91 Å². The Morgan fingerprint density at radius 1 is 1.07 bits per heavy atom. The van der Waals surface area contributed by atoms with Gasteiger partial charge in [-0.2, -0.15) is 0 Å². The molecule has 3 aromatic rings. The number of methoxy groups -OCH3 is 1. The fraction of sp³-hybridized carbons (Fsp3) is 0.364. The number of nitrogens with zero attached hydrogens (tertiary/aromatic N) is 3. The third kappa shape index (κ3) is 3.97. The van der Waals surface area contributed by atoms with Gasteiger partial charge in [0.1, 0.15) is 5.75 Å². The largest absolute Gasteiger partial charge is 0.497 e. The number of aryl methyl sites for hydroxylation is 1. The molecule has 0 bridgehead atoms. The number of thiazole rings is 1. The van der Waals surface area contributed by atoms with Crippen molar-refractivity contribution >= 4 is 32.6 Å². The number of amides is 1. The van der Waals surface area contributed by atoms with E-state index in [0.717, 1.165) is 54.6 Å². The Balaban J connectivity index is 1.36. The number of anilines is 1. The van der Waals surface area contributed by atoms with Crippen LogP contribution < -0.4 is 9.64 Å². The van der Waals surface area contributed by atoms with Crippen LogP contribution in [-0.2, 0) is 17.6 Å². The second-order valence-corrected chi connectivity index (χ2v) is 8.05. The minimum Gasteiger partial charge on any atom is -0.497 e. The Bertz CT molecular complexity index is 960. The van der Waals surface area contributed by atoms with E-state index in [1.807, 2.05) is 29.2 Å². The maximum absolute atomic E-state index is 12.6. The van der Waals surface area contributed by atoms with Gasteiger partial charge in [-0.3, -0.25) is 4.79 Å². The second-order valence-electron chi connectivity index (χ2n) is 7.04. The highest BCUT2D eigenvalue weighted by atomic mass is 32.1. The summed E-state index contributed by atoms with van der Waals surface area (Å²) in [4.78, 5) is 21.7. The van der Waals surface area contributed by atoms with Crippen LogP contribution in [0, 0.1) is 0 Å². The lowest BCUT2D eigenvalue weighted by atomic mass is 10.1. The fourth-order valence-electron chi connectivity index (χ4n) is 3.49. The van der Waals surface area contributed by atoms with E-state index in [0.29, 0.717) is 6.42 Å². The van der Waals surface area contributed by atoms with Gasteiger partial charge in [-0.1, -0.05) is 36.5 Å². The standard InChI is InChI=1S/C22H25N3O2S/c1-3-16-6-9-19-20(14-16)28-22(23-19)25-12-10-24(11-13-25)21(26)15-17-4-7-18(27-2)8-5-17/h4-9,14H,3,10-13,15H2,1-2H3. The summed E-state index contributed by atoms with van der Waals surface area (Å²) in [6.45, 7) is 5.31. The molecule has 0 aliphatic carbocycles. The quantitative estimate of drug-likeness (QED) is 0.660. The lowest BCUT2D eigenvalue weighted by Gasteiger charge is -2.34. The molecule has 1 aliphatic rings. The van der Waals surface area contributed by atoms with Crippen molar-refractivity contribution in [1.82, 2.24) is 9.88 Å². The van der Waals surface area contributed by atoms with Gasteiger partial charge in [-0.25, -0.2) is 4.98 Å². The Labute approximate surface area is 169 Å². The number of benzene rings is 2. The van der Waals surface area contributed by atoms with Crippen LogP contribution in [-0.4, -0.2) is 49.1 Å². The molecule has 2 aromatic carbocycles. The maximum Gasteiger partial charge on any atom is 0.227 e. The van der Waals surface area contributed by atoms with Crippen molar-refractivity contribution in [3.05, 3.63) is 53.6 Å². The SMILES string of the molecule is CCc1ccc2nc(N3CCN(C(=O)Cc4ccc(OC)cc4)CC3)sc2c1. The van der Waals surface area contributed by atoms with Gasteiger partial charge in [0, 0.05) is 26.2 Å². The summed E-state index contributed by atoms with van der Waals surface area (Å²) in [6.07, 6.45) is 1.48. The number of hydrogen-bond acceptors (Lipinski definition) is 5. The molecule has 5 nitrogen and oxygen atoms in total. The highest BCUT2D eigenvalue weighted by molar-refractivity contribution is 7.22. The van der Waals surface area contributed by atoms with E-state index in [4.69, 9.17) is 9.72 Å². The second kappa shape index (κ2) is 8.19. The predicted molar refractivity (Wildman–Crippen MR) is 114 cm³/mol. The first-order valence-corrected chi connectivity index (χ1v) is 10.5. The van der Waals surface area contributed by atoms with Gasteiger partial charge in [0.25, 0.3) is 0 Å². The Kier molecular flexibility index (Phi) is 5.48. The lowest BCUT2D eigenvalue weighted by molar-refractivity contribution is -0.130. The van der Waals surface area contributed by atoms with Crippen LogP contribution in [0.4, 0.5) is 5.13 Å². The van der Waals surface area contributed by atoms with Crippen molar-refractivity contribution in [2.45, 2.75) is 19.8 Å². The number of carbonyl (C=O) groups is 1. The summed E-state index contributed by atoms with van der Waals surface area (Å²) >= 11 is 1.75. The van der Waals surface area contributed by atoms with E-state index in [1.165, 1.54) is 10.3 Å². The van der Waals surface area contributed by atoms with Crippen molar-refractivity contribution in [3.8, 4) is 5.75 Å². The van der Waals surface area contributed by atoms with E-state index < -0.39 is 0 Å². The van der Waals surface area contributed by atoms with E-state index in [9.17, 15) is 4.79 Å². The molecular weight excluding hydrogens is 370 g/mol. The summed E-state index contributed by atoms with van der Waals surface area (Å²) in [5, 5.41) is 1.06. The van der Waals surface area contributed by atoms with Crippen LogP contribution >= 0.6 is 11.3 Å². The van der Waals surface area contributed by atoms with E-state index >= 15 is 0 Å². The van der Waals surface area contributed by atoms with Gasteiger partial charge in [-0.05, 0) is 41.8 Å². The minimum absolute atomic E-state index is 0.182. The van der Waals surface area contributed by atoms with Crippen molar-refractivity contribution < 1.29 is 9.53 Å². The molecule has 1 aliphatic heterocycles. The van der Waals surface area contributed by atoms with Crippen molar-refractivity contribution in [3.63, 3.8) is 0 Å². The Hall–Kier alpha value is -2.60.